The van der Waals surface area contributed by atoms with Crippen LogP contribution < -0.4 is 20.1 Å². The number of nitrogens with zero attached hydrogens (tertiary/aromatic N) is 3. The van der Waals surface area contributed by atoms with Gasteiger partial charge in [-0.3, -0.25) is 9.89 Å². The van der Waals surface area contributed by atoms with Gasteiger partial charge < -0.3 is 20.1 Å². The van der Waals surface area contributed by atoms with E-state index in [1.165, 1.54) is 18.5 Å². The van der Waals surface area contributed by atoms with Gasteiger partial charge in [-0.2, -0.15) is 0 Å². The molecule has 0 aliphatic carbocycles. The quantitative estimate of drug-likeness (QED) is 0.495. The average Bonchev–Trinajstić information content (AvgIpc) is 3.19. The maximum absolute atomic E-state index is 5.38. The van der Waals surface area contributed by atoms with E-state index < -0.39 is 0 Å². The van der Waals surface area contributed by atoms with Crippen LogP contribution >= 0.6 is 11.3 Å². The monoisotopic (exact) mass is 431 g/mol. The van der Waals surface area contributed by atoms with Crippen molar-refractivity contribution in [2.75, 3.05) is 40.9 Å². The molecular formula is C22H33N5O2S. The minimum atomic E-state index is 0.665. The number of aromatic nitrogens is 1. The third-order valence-electron chi connectivity index (χ3n) is 5.45. The molecule has 1 aliphatic heterocycles. The Bertz CT molecular complexity index is 831. The number of aliphatic imine (C=N–C) groups is 1. The maximum Gasteiger partial charge on any atom is 0.191 e. The van der Waals surface area contributed by atoms with Crippen LogP contribution in [0.3, 0.4) is 0 Å². The highest BCUT2D eigenvalue weighted by Crippen LogP contribution is 2.27. The number of methoxy groups -OCH3 is 2. The van der Waals surface area contributed by atoms with Crippen LogP contribution in [0.5, 0.6) is 11.5 Å². The summed E-state index contributed by atoms with van der Waals surface area (Å²) >= 11 is 1.73. The van der Waals surface area contributed by atoms with Gasteiger partial charge >= 0.3 is 0 Å². The normalized spacial score (nSPS) is 15.8. The van der Waals surface area contributed by atoms with Crippen LogP contribution in [0.4, 0.5) is 0 Å². The van der Waals surface area contributed by atoms with Crippen molar-refractivity contribution in [1.82, 2.24) is 20.5 Å². The SMILES string of the molecule is CN=C(NCc1ccc(OC)c(OC)c1)NCC1CCN(Cc2csc(C)n2)CC1. The first kappa shape index (κ1) is 22.4. The summed E-state index contributed by atoms with van der Waals surface area (Å²) in [6, 6.07) is 5.94. The number of piperidine rings is 1. The molecule has 30 heavy (non-hydrogen) atoms. The molecule has 0 saturated carbocycles. The molecule has 0 atom stereocenters. The highest BCUT2D eigenvalue weighted by atomic mass is 32.1. The van der Waals surface area contributed by atoms with Crippen LogP contribution in [-0.4, -0.2) is 56.7 Å². The number of nitrogens with one attached hydrogen (secondary N) is 2. The van der Waals surface area contributed by atoms with E-state index in [4.69, 9.17) is 9.47 Å². The molecule has 1 aromatic heterocycles. The van der Waals surface area contributed by atoms with Gasteiger partial charge in [-0.05, 0) is 56.5 Å². The predicted octanol–water partition coefficient (Wildman–Crippen LogP) is 3.05. The van der Waals surface area contributed by atoms with E-state index in [0.29, 0.717) is 12.5 Å². The lowest BCUT2D eigenvalue weighted by molar-refractivity contribution is 0.176. The molecule has 8 heteroatoms. The molecule has 2 heterocycles. The van der Waals surface area contributed by atoms with Crippen molar-refractivity contribution < 1.29 is 9.47 Å². The van der Waals surface area contributed by atoms with Crippen LogP contribution in [0, 0.1) is 12.8 Å². The van der Waals surface area contributed by atoms with E-state index in [-0.39, 0.29) is 0 Å². The average molecular weight is 432 g/mol. The second kappa shape index (κ2) is 11.2. The van der Waals surface area contributed by atoms with Gasteiger partial charge in [-0.1, -0.05) is 6.07 Å². The van der Waals surface area contributed by atoms with E-state index >= 15 is 0 Å². The summed E-state index contributed by atoms with van der Waals surface area (Å²) in [4.78, 5) is 11.5. The summed E-state index contributed by atoms with van der Waals surface area (Å²) in [5, 5.41) is 10.2. The molecule has 2 aromatic rings. The fourth-order valence-corrected chi connectivity index (χ4v) is 4.30. The molecule has 3 rings (SSSR count). The van der Waals surface area contributed by atoms with Gasteiger partial charge in [0.25, 0.3) is 0 Å². The molecule has 0 spiro atoms. The highest BCUT2D eigenvalue weighted by Gasteiger charge is 2.20. The Labute approximate surface area is 183 Å². The number of ether oxygens (including phenoxy) is 2. The van der Waals surface area contributed by atoms with Gasteiger partial charge in [0.2, 0.25) is 0 Å². The van der Waals surface area contributed by atoms with Crippen LogP contribution in [0.25, 0.3) is 0 Å². The van der Waals surface area contributed by atoms with E-state index in [1.54, 1.807) is 25.6 Å². The van der Waals surface area contributed by atoms with Gasteiger partial charge in [0, 0.05) is 32.1 Å². The molecule has 0 amide bonds. The summed E-state index contributed by atoms with van der Waals surface area (Å²) in [6.07, 6.45) is 2.39. The standard InChI is InChI=1S/C22H33N5O2S/c1-16-26-19(15-30-16)14-27-9-7-17(8-10-27)12-24-22(23-2)25-13-18-5-6-20(28-3)21(11-18)29-4/h5-6,11,15,17H,7-10,12-14H2,1-4H3,(H2,23,24,25). The maximum atomic E-state index is 5.38. The number of hydrogen-bond donors (Lipinski definition) is 2. The molecule has 164 valence electrons. The van der Waals surface area contributed by atoms with Crippen LogP contribution in [0.1, 0.15) is 29.1 Å². The minimum absolute atomic E-state index is 0.665. The van der Waals surface area contributed by atoms with Gasteiger partial charge in [0.1, 0.15) is 0 Å². The lowest BCUT2D eigenvalue weighted by Crippen LogP contribution is -2.42. The summed E-state index contributed by atoms with van der Waals surface area (Å²) in [6.45, 7) is 6.90. The largest absolute Gasteiger partial charge is 0.493 e. The fraction of sp³-hybridized carbons (Fsp3) is 0.545. The number of aryl methyl sites for hydroxylation is 1. The van der Waals surface area contributed by atoms with Crippen molar-refractivity contribution in [1.29, 1.82) is 0 Å². The van der Waals surface area contributed by atoms with E-state index in [1.807, 2.05) is 25.2 Å². The minimum Gasteiger partial charge on any atom is -0.493 e. The van der Waals surface area contributed by atoms with Gasteiger partial charge in [-0.25, -0.2) is 4.98 Å². The predicted molar refractivity (Wildman–Crippen MR) is 123 cm³/mol. The van der Waals surface area contributed by atoms with Crippen molar-refractivity contribution in [3.8, 4) is 11.5 Å². The third kappa shape index (κ3) is 6.34. The first-order valence-electron chi connectivity index (χ1n) is 10.4. The first-order chi connectivity index (χ1) is 14.6. The molecule has 0 radical (unpaired) electrons. The number of hydrogen-bond acceptors (Lipinski definition) is 6. The van der Waals surface area contributed by atoms with Gasteiger partial charge in [-0.15, -0.1) is 11.3 Å². The Balaban J connectivity index is 1.39. The van der Waals surface area contributed by atoms with Crippen molar-refractivity contribution in [2.24, 2.45) is 10.9 Å². The number of thiazole rings is 1. The first-order valence-corrected chi connectivity index (χ1v) is 11.3. The molecule has 1 aromatic carbocycles. The number of benzene rings is 1. The lowest BCUT2D eigenvalue weighted by atomic mass is 9.97. The second-order valence-corrected chi connectivity index (χ2v) is 8.64. The summed E-state index contributed by atoms with van der Waals surface area (Å²) in [7, 11) is 5.10. The van der Waals surface area contributed by atoms with Gasteiger partial charge in [0.05, 0.1) is 24.9 Å². The number of likely N-dealkylation sites (tertiary alicyclic amines) is 1. The summed E-state index contributed by atoms with van der Waals surface area (Å²) in [5.74, 6) is 2.96. The fourth-order valence-electron chi connectivity index (χ4n) is 3.70. The van der Waals surface area contributed by atoms with Crippen molar-refractivity contribution in [3.05, 3.63) is 39.8 Å². The molecule has 0 unspecified atom stereocenters. The van der Waals surface area contributed by atoms with Crippen LogP contribution in [-0.2, 0) is 13.1 Å². The smallest absolute Gasteiger partial charge is 0.191 e. The Morgan fingerprint density at radius 2 is 1.97 bits per heavy atom. The summed E-state index contributed by atoms with van der Waals surface area (Å²) in [5.41, 5.74) is 2.31. The molecular weight excluding hydrogens is 398 g/mol. The van der Waals surface area contributed by atoms with E-state index in [2.05, 4.69) is 37.8 Å². The molecule has 1 aliphatic rings. The Hall–Kier alpha value is -2.32. The Kier molecular flexibility index (Phi) is 8.33. The Morgan fingerprint density at radius 1 is 1.20 bits per heavy atom. The van der Waals surface area contributed by atoms with Crippen LogP contribution in [0.2, 0.25) is 0 Å². The Morgan fingerprint density at radius 3 is 2.60 bits per heavy atom. The zero-order chi connectivity index (χ0) is 21.3. The number of guanidine groups is 1. The van der Waals surface area contributed by atoms with Crippen molar-refractivity contribution in [3.63, 3.8) is 0 Å². The molecule has 0 bridgehead atoms. The lowest BCUT2D eigenvalue weighted by Gasteiger charge is -2.31. The van der Waals surface area contributed by atoms with Crippen molar-refractivity contribution >= 4 is 17.3 Å². The van der Waals surface area contributed by atoms with Crippen LogP contribution in [0.15, 0.2) is 28.6 Å². The van der Waals surface area contributed by atoms with Crippen molar-refractivity contribution in [2.45, 2.75) is 32.9 Å². The van der Waals surface area contributed by atoms with E-state index in [0.717, 1.165) is 54.2 Å². The molecule has 1 fully saturated rings. The second-order valence-electron chi connectivity index (χ2n) is 7.57. The zero-order valence-electron chi connectivity index (χ0n) is 18.4. The van der Waals surface area contributed by atoms with Gasteiger partial charge in [0.15, 0.2) is 17.5 Å². The zero-order valence-corrected chi connectivity index (χ0v) is 19.2. The number of rotatable bonds is 8. The molecule has 7 nitrogen and oxygen atoms in total. The highest BCUT2D eigenvalue weighted by molar-refractivity contribution is 7.09. The summed E-state index contributed by atoms with van der Waals surface area (Å²) < 4.78 is 10.7. The molecule has 1 saturated heterocycles. The third-order valence-corrected chi connectivity index (χ3v) is 6.27. The van der Waals surface area contributed by atoms with E-state index in [9.17, 15) is 0 Å². The molecule has 2 N–H and O–H groups in total. The topological polar surface area (TPSA) is 71.0 Å².